The number of rotatable bonds is 4. The van der Waals surface area contributed by atoms with Crippen molar-refractivity contribution >= 4 is 17.4 Å². The fraction of sp³-hybridized carbons (Fsp3) is 0.222. The van der Waals surface area contributed by atoms with E-state index in [2.05, 4.69) is 15.6 Å². The van der Waals surface area contributed by atoms with Gasteiger partial charge in [0.15, 0.2) is 0 Å². The first kappa shape index (κ1) is 15.8. The summed E-state index contributed by atoms with van der Waals surface area (Å²) in [5.74, 6) is 0.731. The van der Waals surface area contributed by atoms with Crippen LogP contribution in [0.25, 0.3) is 0 Å². The first-order chi connectivity index (χ1) is 10.6. The molecule has 1 amide bonds. The van der Waals surface area contributed by atoms with Crippen molar-refractivity contribution in [3.05, 3.63) is 65.7 Å². The highest BCUT2D eigenvalue weighted by Gasteiger charge is 2.06. The predicted octanol–water partition coefficient (Wildman–Crippen LogP) is 3.31. The molecule has 0 saturated heterocycles. The van der Waals surface area contributed by atoms with E-state index in [1.807, 2.05) is 56.3 Å². The first-order valence-electron chi connectivity index (χ1n) is 7.32. The molecule has 0 unspecified atom stereocenters. The summed E-state index contributed by atoms with van der Waals surface area (Å²) in [4.78, 5) is 16.2. The van der Waals surface area contributed by atoms with E-state index in [1.165, 1.54) is 0 Å². The molecule has 114 valence electrons. The van der Waals surface area contributed by atoms with Gasteiger partial charge in [-0.25, -0.2) is 0 Å². The lowest BCUT2D eigenvalue weighted by Crippen LogP contribution is -2.18. The lowest BCUT2D eigenvalue weighted by Gasteiger charge is -2.12. The first-order valence-corrected chi connectivity index (χ1v) is 7.32. The van der Waals surface area contributed by atoms with E-state index in [0.717, 1.165) is 17.1 Å². The number of amidine groups is 1. The van der Waals surface area contributed by atoms with Crippen LogP contribution in [-0.2, 0) is 0 Å². The van der Waals surface area contributed by atoms with Crippen LogP contribution >= 0.6 is 0 Å². The number of nitrogens with one attached hydrogen (secondary N) is 2. The van der Waals surface area contributed by atoms with Crippen molar-refractivity contribution in [2.75, 3.05) is 12.4 Å². The highest BCUT2D eigenvalue weighted by Crippen LogP contribution is 2.13. The average molecular weight is 295 g/mol. The number of amides is 1. The van der Waals surface area contributed by atoms with Crippen molar-refractivity contribution in [3.63, 3.8) is 0 Å². The third kappa shape index (κ3) is 4.19. The summed E-state index contributed by atoms with van der Waals surface area (Å²) in [6, 6.07) is 17.5. The minimum absolute atomic E-state index is 0.0920. The van der Waals surface area contributed by atoms with Gasteiger partial charge in [-0.1, -0.05) is 30.3 Å². The summed E-state index contributed by atoms with van der Waals surface area (Å²) in [5, 5.41) is 5.94. The summed E-state index contributed by atoms with van der Waals surface area (Å²) >= 11 is 0. The summed E-state index contributed by atoms with van der Waals surface area (Å²) in [6.07, 6.45) is 0. The molecule has 0 bridgehead atoms. The van der Waals surface area contributed by atoms with Crippen molar-refractivity contribution in [1.82, 2.24) is 5.32 Å². The van der Waals surface area contributed by atoms with Gasteiger partial charge < -0.3 is 10.6 Å². The zero-order valence-electron chi connectivity index (χ0n) is 13.1. The number of hydrogen-bond donors (Lipinski definition) is 2. The SMILES string of the molecule is CNC(=O)c1ccc(NC(=NC(C)C)c2ccccc2)cc1. The number of anilines is 1. The second-order valence-corrected chi connectivity index (χ2v) is 5.22. The zero-order valence-corrected chi connectivity index (χ0v) is 13.1. The fourth-order valence-corrected chi connectivity index (χ4v) is 2.02. The zero-order chi connectivity index (χ0) is 15.9. The van der Waals surface area contributed by atoms with Crippen LogP contribution in [0.1, 0.15) is 29.8 Å². The van der Waals surface area contributed by atoms with E-state index in [9.17, 15) is 4.79 Å². The Morgan fingerprint density at radius 1 is 0.955 bits per heavy atom. The summed E-state index contributed by atoms with van der Waals surface area (Å²) in [5.41, 5.74) is 2.57. The molecule has 4 heteroatoms. The Morgan fingerprint density at radius 3 is 2.14 bits per heavy atom. The van der Waals surface area contributed by atoms with Crippen LogP contribution < -0.4 is 10.6 Å². The molecule has 0 saturated carbocycles. The molecule has 2 rings (SSSR count). The molecule has 0 aliphatic rings. The van der Waals surface area contributed by atoms with Crippen molar-refractivity contribution < 1.29 is 4.79 Å². The molecule has 22 heavy (non-hydrogen) atoms. The van der Waals surface area contributed by atoms with Crippen molar-refractivity contribution in [1.29, 1.82) is 0 Å². The lowest BCUT2D eigenvalue weighted by atomic mass is 10.1. The minimum atomic E-state index is -0.0920. The van der Waals surface area contributed by atoms with E-state index in [4.69, 9.17) is 0 Å². The van der Waals surface area contributed by atoms with Crippen LogP contribution in [-0.4, -0.2) is 24.8 Å². The van der Waals surface area contributed by atoms with Crippen molar-refractivity contribution in [3.8, 4) is 0 Å². The monoisotopic (exact) mass is 295 g/mol. The Morgan fingerprint density at radius 2 is 1.59 bits per heavy atom. The van der Waals surface area contributed by atoms with E-state index in [-0.39, 0.29) is 11.9 Å². The van der Waals surface area contributed by atoms with E-state index >= 15 is 0 Å². The molecule has 0 heterocycles. The molecule has 0 fully saturated rings. The number of nitrogens with zero attached hydrogens (tertiary/aromatic N) is 1. The second-order valence-electron chi connectivity index (χ2n) is 5.22. The Hall–Kier alpha value is -2.62. The van der Waals surface area contributed by atoms with Gasteiger partial charge in [0.2, 0.25) is 0 Å². The molecule has 0 spiro atoms. The molecule has 4 nitrogen and oxygen atoms in total. The van der Waals surface area contributed by atoms with Gasteiger partial charge >= 0.3 is 0 Å². The van der Waals surface area contributed by atoms with Crippen molar-refractivity contribution in [2.45, 2.75) is 19.9 Å². The topological polar surface area (TPSA) is 53.5 Å². The van der Waals surface area contributed by atoms with E-state index in [1.54, 1.807) is 19.2 Å². The van der Waals surface area contributed by atoms with Gasteiger partial charge in [0, 0.05) is 29.9 Å². The van der Waals surface area contributed by atoms with Gasteiger partial charge in [-0.2, -0.15) is 0 Å². The highest BCUT2D eigenvalue weighted by molar-refractivity contribution is 6.08. The van der Waals surface area contributed by atoms with Gasteiger partial charge in [0.25, 0.3) is 5.91 Å². The van der Waals surface area contributed by atoms with Crippen molar-refractivity contribution in [2.24, 2.45) is 4.99 Å². The molecular formula is C18H21N3O. The maximum Gasteiger partial charge on any atom is 0.251 e. The van der Waals surface area contributed by atoms with Gasteiger partial charge in [-0.3, -0.25) is 9.79 Å². The average Bonchev–Trinajstić information content (AvgIpc) is 2.54. The number of carbonyl (C=O) groups is 1. The summed E-state index contributed by atoms with van der Waals surface area (Å²) in [7, 11) is 1.62. The molecule has 0 radical (unpaired) electrons. The largest absolute Gasteiger partial charge is 0.355 e. The normalized spacial score (nSPS) is 11.4. The number of carbonyl (C=O) groups excluding carboxylic acids is 1. The van der Waals surface area contributed by atoms with Crippen LogP contribution in [0.5, 0.6) is 0 Å². The van der Waals surface area contributed by atoms with E-state index < -0.39 is 0 Å². The second kappa shape index (κ2) is 7.41. The number of benzene rings is 2. The third-order valence-electron chi connectivity index (χ3n) is 3.07. The Bertz CT molecular complexity index is 646. The molecule has 2 aromatic rings. The molecule has 2 N–H and O–H groups in total. The quantitative estimate of drug-likeness (QED) is 0.671. The maximum atomic E-state index is 11.6. The minimum Gasteiger partial charge on any atom is -0.355 e. The summed E-state index contributed by atoms with van der Waals surface area (Å²) in [6.45, 7) is 4.08. The molecule has 0 atom stereocenters. The van der Waals surface area contributed by atoms with E-state index in [0.29, 0.717) is 5.56 Å². The van der Waals surface area contributed by atoms with Crippen LogP contribution in [0.4, 0.5) is 5.69 Å². The molecular weight excluding hydrogens is 274 g/mol. The predicted molar refractivity (Wildman–Crippen MR) is 91.6 cm³/mol. The van der Waals surface area contributed by atoms with Crippen LogP contribution in [0.15, 0.2) is 59.6 Å². The molecule has 0 aliphatic carbocycles. The smallest absolute Gasteiger partial charge is 0.251 e. The molecule has 0 aliphatic heterocycles. The Kier molecular flexibility index (Phi) is 5.31. The van der Waals surface area contributed by atoms with Crippen LogP contribution in [0.2, 0.25) is 0 Å². The number of hydrogen-bond acceptors (Lipinski definition) is 2. The van der Waals surface area contributed by atoms with Gasteiger partial charge in [-0.15, -0.1) is 0 Å². The van der Waals surface area contributed by atoms with Gasteiger partial charge in [0.1, 0.15) is 5.84 Å². The maximum absolute atomic E-state index is 11.6. The highest BCUT2D eigenvalue weighted by atomic mass is 16.1. The van der Waals surface area contributed by atoms with Gasteiger partial charge in [0.05, 0.1) is 0 Å². The lowest BCUT2D eigenvalue weighted by molar-refractivity contribution is 0.0963. The third-order valence-corrected chi connectivity index (χ3v) is 3.07. The fourth-order valence-electron chi connectivity index (χ4n) is 2.02. The van der Waals surface area contributed by atoms with Gasteiger partial charge in [-0.05, 0) is 38.1 Å². The summed E-state index contributed by atoms with van der Waals surface area (Å²) < 4.78 is 0. The Labute approximate surface area is 131 Å². The molecule has 2 aromatic carbocycles. The van der Waals surface area contributed by atoms with Crippen LogP contribution in [0, 0.1) is 0 Å². The molecule has 0 aromatic heterocycles. The standard InChI is InChI=1S/C18H21N3O/c1-13(2)20-17(14-7-5-4-6-8-14)21-16-11-9-15(10-12-16)18(22)19-3/h4-13H,1-3H3,(H,19,22)(H,20,21). The van der Waals surface area contributed by atoms with Crippen LogP contribution in [0.3, 0.4) is 0 Å². The number of aliphatic imine (C=N–C) groups is 1. The Balaban J connectivity index is 2.23.